The first kappa shape index (κ1) is 18.4. The number of para-hydroxylation sites is 1. The second-order valence-electron chi connectivity index (χ2n) is 5.42. The quantitative estimate of drug-likeness (QED) is 0.715. The summed E-state index contributed by atoms with van der Waals surface area (Å²) in [5.41, 5.74) is 2.81. The fraction of sp³-hybridized carbons (Fsp3) is 0.333. The third kappa shape index (κ3) is 5.87. The Morgan fingerprint density at radius 2 is 1.92 bits per heavy atom. The van der Waals surface area contributed by atoms with Crippen LogP contribution >= 0.6 is 0 Å². The number of nitrogens with zero attached hydrogens (tertiary/aromatic N) is 2. The Morgan fingerprint density at radius 3 is 2.64 bits per heavy atom. The molecule has 1 aromatic heterocycles. The van der Waals surface area contributed by atoms with Crippen molar-refractivity contribution in [1.82, 2.24) is 9.97 Å². The summed E-state index contributed by atoms with van der Waals surface area (Å²) in [6, 6.07) is 7.55. The maximum Gasteiger partial charge on any atom is 0.308 e. The Kier molecular flexibility index (Phi) is 6.88. The molecule has 0 bridgehead atoms. The molecule has 0 aliphatic rings. The number of esters is 1. The van der Waals surface area contributed by atoms with Crippen molar-refractivity contribution >= 4 is 23.5 Å². The van der Waals surface area contributed by atoms with E-state index in [0.29, 0.717) is 12.5 Å². The number of hydrogen-bond acceptors (Lipinski definition) is 6. The summed E-state index contributed by atoms with van der Waals surface area (Å²) in [5, 5.41) is 5.72. The highest BCUT2D eigenvalue weighted by Crippen LogP contribution is 2.20. The minimum Gasteiger partial charge on any atom is -0.456 e. The van der Waals surface area contributed by atoms with Crippen LogP contribution in [0.3, 0.4) is 0 Å². The van der Waals surface area contributed by atoms with Crippen molar-refractivity contribution in [2.24, 2.45) is 0 Å². The number of hydrogen-bond donors (Lipinski definition) is 2. The molecular formula is C18H22N4O3. The molecule has 2 N–H and O–H groups in total. The Bertz CT molecular complexity index is 720. The molecule has 0 spiro atoms. The SMILES string of the molecule is CCc1cccc(C)c1NC(=O)COC(=O)CCNc1ncccn1. The molecule has 0 atom stereocenters. The molecule has 7 heteroatoms. The van der Waals surface area contributed by atoms with Gasteiger partial charge in [-0.3, -0.25) is 9.59 Å². The molecule has 25 heavy (non-hydrogen) atoms. The summed E-state index contributed by atoms with van der Waals surface area (Å²) in [7, 11) is 0. The van der Waals surface area contributed by atoms with Gasteiger partial charge in [0.15, 0.2) is 6.61 Å². The fourth-order valence-corrected chi connectivity index (χ4v) is 2.26. The van der Waals surface area contributed by atoms with Gasteiger partial charge >= 0.3 is 5.97 Å². The van der Waals surface area contributed by atoms with Crippen LogP contribution in [0.5, 0.6) is 0 Å². The van der Waals surface area contributed by atoms with Crippen LogP contribution < -0.4 is 10.6 Å². The number of amides is 1. The molecule has 1 aromatic carbocycles. The Balaban J connectivity index is 1.73. The van der Waals surface area contributed by atoms with Crippen LogP contribution in [0.25, 0.3) is 0 Å². The first-order valence-corrected chi connectivity index (χ1v) is 8.15. The normalized spacial score (nSPS) is 10.2. The van der Waals surface area contributed by atoms with E-state index in [-0.39, 0.29) is 18.9 Å². The highest BCUT2D eigenvalue weighted by molar-refractivity contribution is 5.94. The Morgan fingerprint density at radius 1 is 1.16 bits per heavy atom. The van der Waals surface area contributed by atoms with Gasteiger partial charge in [-0.15, -0.1) is 0 Å². The molecule has 1 amide bonds. The van der Waals surface area contributed by atoms with Gasteiger partial charge in [0.1, 0.15) is 0 Å². The van der Waals surface area contributed by atoms with E-state index in [1.807, 2.05) is 32.0 Å². The van der Waals surface area contributed by atoms with Crippen molar-refractivity contribution in [3.05, 3.63) is 47.8 Å². The fourth-order valence-electron chi connectivity index (χ4n) is 2.26. The number of nitrogens with one attached hydrogen (secondary N) is 2. The van der Waals surface area contributed by atoms with E-state index in [1.54, 1.807) is 18.5 Å². The van der Waals surface area contributed by atoms with Crippen LogP contribution in [0, 0.1) is 6.92 Å². The second kappa shape index (κ2) is 9.36. The molecule has 0 unspecified atom stereocenters. The first-order valence-electron chi connectivity index (χ1n) is 8.15. The van der Waals surface area contributed by atoms with Gasteiger partial charge < -0.3 is 15.4 Å². The lowest BCUT2D eigenvalue weighted by atomic mass is 10.1. The first-order chi connectivity index (χ1) is 12.1. The molecule has 0 fully saturated rings. The highest BCUT2D eigenvalue weighted by Gasteiger charge is 2.11. The topological polar surface area (TPSA) is 93.2 Å². The number of carbonyl (C=O) groups excluding carboxylic acids is 2. The predicted molar refractivity (Wildman–Crippen MR) is 95.3 cm³/mol. The minimum absolute atomic E-state index is 0.121. The lowest BCUT2D eigenvalue weighted by Crippen LogP contribution is -2.23. The van der Waals surface area contributed by atoms with E-state index in [1.165, 1.54) is 0 Å². The summed E-state index contributed by atoms with van der Waals surface area (Å²) in [6.07, 6.45) is 4.14. The summed E-state index contributed by atoms with van der Waals surface area (Å²) in [5.74, 6) is -0.365. The van der Waals surface area contributed by atoms with Crippen LogP contribution in [-0.4, -0.2) is 35.0 Å². The molecule has 0 saturated carbocycles. The van der Waals surface area contributed by atoms with Crippen LogP contribution in [0.4, 0.5) is 11.6 Å². The summed E-state index contributed by atoms with van der Waals surface area (Å²) >= 11 is 0. The van der Waals surface area contributed by atoms with Gasteiger partial charge in [0.2, 0.25) is 5.95 Å². The largest absolute Gasteiger partial charge is 0.456 e. The van der Waals surface area contributed by atoms with Crippen LogP contribution in [0.1, 0.15) is 24.5 Å². The third-order valence-corrected chi connectivity index (χ3v) is 3.55. The molecule has 0 aliphatic carbocycles. The second-order valence-corrected chi connectivity index (χ2v) is 5.42. The Hall–Kier alpha value is -2.96. The van der Waals surface area contributed by atoms with E-state index in [0.717, 1.165) is 23.2 Å². The zero-order chi connectivity index (χ0) is 18.1. The average Bonchev–Trinajstić information content (AvgIpc) is 2.62. The third-order valence-electron chi connectivity index (χ3n) is 3.55. The zero-order valence-corrected chi connectivity index (χ0v) is 14.4. The number of aromatic nitrogens is 2. The van der Waals surface area contributed by atoms with E-state index in [4.69, 9.17) is 4.74 Å². The summed E-state index contributed by atoms with van der Waals surface area (Å²) in [4.78, 5) is 31.7. The van der Waals surface area contributed by atoms with Crippen LogP contribution in [0.2, 0.25) is 0 Å². The molecular weight excluding hydrogens is 320 g/mol. The highest BCUT2D eigenvalue weighted by atomic mass is 16.5. The van der Waals surface area contributed by atoms with Crippen LogP contribution in [0.15, 0.2) is 36.7 Å². The minimum atomic E-state index is -0.459. The molecule has 2 rings (SSSR count). The van der Waals surface area contributed by atoms with Crippen molar-refractivity contribution < 1.29 is 14.3 Å². The lowest BCUT2D eigenvalue weighted by Gasteiger charge is -2.13. The van der Waals surface area contributed by atoms with Crippen molar-refractivity contribution in [1.29, 1.82) is 0 Å². The molecule has 0 saturated heterocycles. The maximum atomic E-state index is 12.0. The Labute approximate surface area is 146 Å². The summed E-state index contributed by atoms with van der Waals surface area (Å²) < 4.78 is 5.00. The molecule has 132 valence electrons. The van der Waals surface area contributed by atoms with Crippen molar-refractivity contribution in [2.45, 2.75) is 26.7 Å². The number of benzene rings is 1. The van der Waals surface area contributed by atoms with Crippen molar-refractivity contribution in [2.75, 3.05) is 23.8 Å². The molecule has 0 aliphatic heterocycles. The number of aryl methyl sites for hydroxylation is 2. The number of rotatable bonds is 8. The van der Waals surface area contributed by atoms with Gasteiger partial charge in [0.05, 0.1) is 6.42 Å². The van der Waals surface area contributed by atoms with E-state index >= 15 is 0 Å². The standard InChI is InChI=1S/C18H22N4O3/c1-3-14-7-4-6-13(2)17(14)22-15(23)12-25-16(24)8-11-21-18-19-9-5-10-20-18/h4-7,9-10H,3,8,11-12H2,1-2H3,(H,22,23)(H,19,20,21). The van der Waals surface area contributed by atoms with Crippen molar-refractivity contribution in [3.8, 4) is 0 Å². The van der Waals surface area contributed by atoms with Crippen molar-refractivity contribution in [3.63, 3.8) is 0 Å². The van der Waals surface area contributed by atoms with Gasteiger partial charge in [-0.25, -0.2) is 9.97 Å². The number of ether oxygens (including phenoxy) is 1. The van der Waals surface area contributed by atoms with Gasteiger partial charge in [-0.05, 0) is 30.5 Å². The van der Waals surface area contributed by atoms with Gasteiger partial charge in [-0.1, -0.05) is 25.1 Å². The van der Waals surface area contributed by atoms with E-state index < -0.39 is 5.97 Å². The summed E-state index contributed by atoms with van der Waals surface area (Å²) in [6.45, 7) is 3.98. The van der Waals surface area contributed by atoms with E-state index in [9.17, 15) is 9.59 Å². The van der Waals surface area contributed by atoms with Gasteiger partial charge in [-0.2, -0.15) is 0 Å². The molecule has 0 radical (unpaired) electrons. The molecule has 1 heterocycles. The number of carbonyl (C=O) groups is 2. The van der Waals surface area contributed by atoms with Gasteiger partial charge in [0.25, 0.3) is 5.91 Å². The monoisotopic (exact) mass is 342 g/mol. The van der Waals surface area contributed by atoms with Gasteiger partial charge in [0, 0.05) is 24.6 Å². The van der Waals surface area contributed by atoms with E-state index in [2.05, 4.69) is 20.6 Å². The van der Waals surface area contributed by atoms with Crippen LogP contribution in [-0.2, 0) is 20.7 Å². The molecule has 7 nitrogen and oxygen atoms in total. The number of anilines is 2. The average molecular weight is 342 g/mol. The zero-order valence-electron chi connectivity index (χ0n) is 14.4. The predicted octanol–water partition coefficient (Wildman–Crippen LogP) is 2.33. The smallest absolute Gasteiger partial charge is 0.308 e. The lowest BCUT2D eigenvalue weighted by molar-refractivity contribution is -0.147. The molecule has 2 aromatic rings. The maximum absolute atomic E-state index is 12.0.